The summed E-state index contributed by atoms with van der Waals surface area (Å²) in [5.41, 5.74) is 0.623. The summed E-state index contributed by atoms with van der Waals surface area (Å²) in [5.74, 6) is 1.38. The van der Waals surface area contributed by atoms with Crippen LogP contribution < -0.4 is 15.0 Å². The van der Waals surface area contributed by atoms with E-state index in [1.165, 1.54) is 18.2 Å². The smallest absolute Gasteiger partial charge is 0.170 e. The lowest BCUT2D eigenvalue weighted by molar-refractivity contribution is 0.0229. The summed E-state index contributed by atoms with van der Waals surface area (Å²) in [4.78, 5) is 19.3. The Kier molecular flexibility index (Phi) is 6.25. The second-order valence-corrected chi connectivity index (χ2v) is 9.00. The molecule has 0 amide bonds. The van der Waals surface area contributed by atoms with Crippen molar-refractivity contribution >= 4 is 11.6 Å². The van der Waals surface area contributed by atoms with Crippen LogP contribution in [0.5, 0.6) is 5.75 Å². The van der Waals surface area contributed by atoms with Gasteiger partial charge in [0.1, 0.15) is 29.2 Å². The van der Waals surface area contributed by atoms with Gasteiger partial charge in [0.2, 0.25) is 0 Å². The SMILES string of the molecule is CC(C)CCNC(O)c1ccc(N2CCC3(CC2)CC(=O)c2ccc(F)cc2O3)nc1. The Hall–Kier alpha value is -2.51. The summed E-state index contributed by atoms with van der Waals surface area (Å²) in [6.45, 7) is 6.44. The van der Waals surface area contributed by atoms with Crippen LogP contribution in [-0.4, -0.2) is 41.1 Å². The standard InChI is InChI=1S/C24H30FN3O3/c1-16(2)7-10-26-23(30)17-3-6-22(27-15-17)28-11-8-24(9-12-28)14-20(29)19-5-4-18(25)13-21(19)31-24/h3-6,13,15-16,23,26,30H,7-12,14H2,1-2H3. The van der Waals surface area contributed by atoms with Crippen LogP contribution in [0.25, 0.3) is 0 Å². The van der Waals surface area contributed by atoms with Crippen LogP contribution in [0.3, 0.4) is 0 Å². The fourth-order valence-electron chi connectivity index (χ4n) is 4.26. The van der Waals surface area contributed by atoms with Gasteiger partial charge in [0.05, 0.1) is 12.0 Å². The number of aliphatic hydroxyl groups is 1. The number of fused-ring (bicyclic) bond motifs is 1. The van der Waals surface area contributed by atoms with Crippen molar-refractivity contribution < 1.29 is 19.0 Å². The molecule has 0 aliphatic carbocycles. The van der Waals surface area contributed by atoms with Crippen molar-refractivity contribution in [3.05, 3.63) is 53.5 Å². The van der Waals surface area contributed by atoms with Gasteiger partial charge in [-0.05, 0) is 43.1 Å². The number of Topliss-reactive ketones (excluding diaryl/α,β-unsaturated/α-hetero) is 1. The minimum absolute atomic E-state index is 0.0103. The highest BCUT2D eigenvalue weighted by Gasteiger charge is 2.43. The van der Waals surface area contributed by atoms with Crippen LogP contribution in [0.15, 0.2) is 36.5 Å². The van der Waals surface area contributed by atoms with Crippen molar-refractivity contribution in [3.63, 3.8) is 0 Å². The first kappa shape index (κ1) is 21.7. The van der Waals surface area contributed by atoms with E-state index in [-0.39, 0.29) is 5.78 Å². The lowest BCUT2D eigenvalue weighted by Gasteiger charge is -2.44. The number of ether oxygens (including phenoxy) is 1. The summed E-state index contributed by atoms with van der Waals surface area (Å²) in [7, 11) is 0. The van der Waals surface area contributed by atoms with Crippen LogP contribution >= 0.6 is 0 Å². The number of carbonyl (C=O) groups excluding carboxylic acids is 1. The zero-order valence-corrected chi connectivity index (χ0v) is 18.1. The quantitative estimate of drug-likeness (QED) is 0.682. The average molecular weight is 428 g/mol. The van der Waals surface area contributed by atoms with Gasteiger partial charge in [0.25, 0.3) is 0 Å². The molecule has 1 fully saturated rings. The molecule has 1 spiro atoms. The van der Waals surface area contributed by atoms with Crippen molar-refractivity contribution in [2.45, 2.75) is 51.4 Å². The Bertz CT molecular complexity index is 924. The highest BCUT2D eigenvalue weighted by atomic mass is 19.1. The molecular weight excluding hydrogens is 397 g/mol. The first-order chi connectivity index (χ1) is 14.8. The second kappa shape index (κ2) is 8.93. The summed E-state index contributed by atoms with van der Waals surface area (Å²) in [6.07, 6.45) is 3.62. The molecule has 1 atom stereocenters. The van der Waals surface area contributed by atoms with Crippen LogP contribution in [0.4, 0.5) is 10.2 Å². The van der Waals surface area contributed by atoms with E-state index in [1.807, 2.05) is 12.1 Å². The monoisotopic (exact) mass is 427 g/mol. The molecule has 1 unspecified atom stereocenters. The number of ketones is 1. The highest BCUT2D eigenvalue weighted by molar-refractivity contribution is 6.00. The Labute approximate surface area is 182 Å². The van der Waals surface area contributed by atoms with Crippen LogP contribution in [0, 0.1) is 11.7 Å². The number of hydrogen-bond donors (Lipinski definition) is 2. The predicted molar refractivity (Wildman–Crippen MR) is 117 cm³/mol. The Balaban J connectivity index is 1.36. The van der Waals surface area contributed by atoms with E-state index in [4.69, 9.17) is 4.74 Å². The molecule has 0 bridgehead atoms. The van der Waals surface area contributed by atoms with Gasteiger partial charge >= 0.3 is 0 Å². The van der Waals surface area contributed by atoms with Gasteiger partial charge in [0.15, 0.2) is 5.78 Å². The number of rotatable bonds is 6. The maximum absolute atomic E-state index is 13.6. The zero-order chi connectivity index (χ0) is 22.0. The number of benzene rings is 1. The van der Waals surface area contributed by atoms with Gasteiger partial charge in [-0.15, -0.1) is 0 Å². The first-order valence-corrected chi connectivity index (χ1v) is 11.0. The number of carbonyl (C=O) groups is 1. The molecule has 1 saturated heterocycles. The summed E-state index contributed by atoms with van der Waals surface area (Å²) >= 11 is 0. The van der Waals surface area contributed by atoms with E-state index in [9.17, 15) is 14.3 Å². The summed E-state index contributed by atoms with van der Waals surface area (Å²) in [5, 5.41) is 13.4. The van der Waals surface area contributed by atoms with Crippen LogP contribution in [0.1, 0.15) is 61.7 Å². The predicted octanol–water partition coefficient (Wildman–Crippen LogP) is 3.85. The van der Waals surface area contributed by atoms with Gasteiger partial charge in [-0.3, -0.25) is 10.1 Å². The van der Waals surface area contributed by atoms with Crippen molar-refractivity contribution in [1.82, 2.24) is 10.3 Å². The molecule has 2 aromatic rings. The van der Waals surface area contributed by atoms with E-state index < -0.39 is 17.6 Å². The molecule has 31 heavy (non-hydrogen) atoms. The van der Waals surface area contributed by atoms with E-state index >= 15 is 0 Å². The number of piperidine rings is 1. The third-order valence-corrected chi connectivity index (χ3v) is 6.20. The largest absolute Gasteiger partial charge is 0.486 e. The minimum atomic E-state index is -0.730. The van der Waals surface area contributed by atoms with Gasteiger partial charge in [0, 0.05) is 43.8 Å². The average Bonchev–Trinajstić information content (AvgIpc) is 2.74. The molecule has 6 nitrogen and oxygen atoms in total. The summed E-state index contributed by atoms with van der Waals surface area (Å²) < 4.78 is 19.8. The molecule has 2 aliphatic rings. The topological polar surface area (TPSA) is 74.7 Å². The Morgan fingerprint density at radius 3 is 2.71 bits per heavy atom. The molecule has 1 aromatic carbocycles. The van der Waals surface area contributed by atoms with E-state index in [1.54, 1.807) is 6.20 Å². The minimum Gasteiger partial charge on any atom is -0.486 e. The molecule has 2 aliphatic heterocycles. The van der Waals surface area contributed by atoms with Crippen LogP contribution in [0.2, 0.25) is 0 Å². The molecule has 0 saturated carbocycles. The third-order valence-electron chi connectivity index (χ3n) is 6.20. The lowest BCUT2D eigenvalue weighted by Crippen LogP contribution is -2.51. The Morgan fingerprint density at radius 2 is 2.03 bits per heavy atom. The lowest BCUT2D eigenvalue weighted by atomic mass is 9.82. The van der Waals surface area contributed by atoms with Gasteiger partial charge in [-0.2, -0.15) is 0 Å². The molecule has 4 rings (SSSR count). The molecular formula is C24H30FN3O3. The van der Waals surface area contributed by atoms with Crippen molar-refractivity contribution in [3.8, 4) is 5.75 Å². The van der Waals surface area contributed by atoms with Crippen molar-refractivity contribution in [1.29, 1.82) is 0 Å². The number of aliphatic hydroxyl groups excluding tert-OH is 1. The van der Waals surface area contributed by atoms with Gasteiger partial charge < -0.3 is 14.7 Å². The summed E-state index contributed by atoms with van der Waals surface area (Å²) in [6, 6.07) is 7.92. The number of aromatic nitrogens is 1. The van der Waals surface area contributed by atoms with Crippen molar-refractivity contribution in [2.75, 3.05) is 24.5 Å². The molecule has 0 radical (unpaired) electrons. The highest BCUT2D eigenvalue weighted by Crippen LogP contribution is 2.40. The molecule has 3 heterocycles. The number of pyridine rings is 1. The number of nitrogens with zero attached hydrogens (tertiary/aromatic N) is 2. The van der Waals surface area contributed by atoms with Gasteiger partial charge in [-0.1, -0.05) is 13.8 Å². The van der Waals surface area contributed by atoms with E-state index in [0.717, 1.165) is 24.3 Å². The first-order valence-electron chi connectivity index (χ1n) is 11.0. The van der Waals surface area contributed by atoms with E-state index in [0.29, 0.717) is 49.6 Å². The normalized spacial score (nSPS) is 18.7. The molecule has 7 heteroatoms. The zero-order valence-electron chi connectivity index (χ0n) is 18.1. The van der Waals surface area contributed by atoms with Gasteiger partial charge in [-0.25, -0.2) is 9.37 Å². The van der Waals surface area contributed by atoms with Crippen LogP contribution in [-0.2, 0) is 0 Å². The number of nitrogens with one attached hydrogen (secondary N) is 1. The molecule has 2 N–H and O–H groups in total. The number of anilines is 1. The number of halogens is 1. The number of hydrogen-bond acceptors (Lipinski definition) is 6. The Morgan fingerprint density at radius 1 is 1.26 bits per heavy atom. The maximum Gasteiger partial charge on any atom is 0.170 e. The maximum atomic E-state index is 13.6. The fourth-order valence-corrected chi connectivity index (χ4v) is 4.26. The molecule has 166 valence electrons. The fraction of sp³-hybridized carbons (Fsp3) is 0.500. The molecule has 1 aromatic heterocycles. The van der Waals surface area contributed by atoms with E-state index in [2.05, 4.69) is 29.0 Å². The third kappa shape index (κ3) is 4.88. The van der Waals surface area contributed by atoms with Crippen molar-refractivity contribution in [2.24, 2.45) is 5.92 Å². The second-order valence-electron chi connectivity index (χ2n) is 9.00.